The maximum atomic E-state index is 10.7. The van der Waals surface area contributed by atoms with Gasteiger partial charge in [-0.2, -0.15) is 5.26 Å². The van der Waals surface area contributed by atoms with Crippen molar-refractivity contribution < 1.29 is 9.66 Å². The molecule has 0 aliphatic carbocycles. The summed E-state index contributed by atoms with van der Waals surface area (Å²) in [5.74, 6) is 0.666. The zero-order chi connectivity index (χ0) is 13.8. The lowest BCUT2D eigenvalue weighted by molar-refractivity contribution is -0.384. The van der Waals surface area contributed by atoms with Gasteiger partial charge >= 0.3 is 0 Å². The van der Waals surface area contributed by atoms with Gasteiger partial charge in [-0.3, -0.25) is 10.1 Å². The van der Waals surface area contributed by atoms with Crippen molar-refractivity contribution in [2.45, 2.75) is 0 Å². The average molecular weight is 254 g/mol. The van der Waals surface area contributed by atoms with Crippen LogP contribution in [0.25, 0.3) is 11.1 Å². The molecule has 94 valence electrons. The van der Waals surface area contributed by atoms with Gasteiger partial charge in [-0.1, -0.05) is 12.1 Å². The Kier molecular flexibility index (Phi) is 3.44. The fourth-order valence-electron chi connectivity index (χ4n) is 1.78. The standard InChI is InChI=1S/C14H10N2O3/c1-19-13-4-2-3-10(8-13)14-6-5-12(16(17)18)7-11(14)9-15/h2-8H,1H3. The summed E-state index contributed by atoms with van der Waals surface area (Å²) < 4.78 is 5.12. The molecule has 0 radical (unpaired) electrons. The van der Waals surface area contributed by atoms with Crippen LogP contribution in [0, 0.1) is 21.4 Å². The van der Waals surface area contributed by atoms with Crippen molar-refractivity contribution in [3.63, 3.8) is 0 Å². The van der Waals surface area contributed by atoms with E-state index in [9.17, 15) is 10.1 Å². The lowest BCUT2D eigenvalue weighted by atomic mass is 9.99. The van der Waals surface area contributed by atoms with Gasteiger partial charge in [0.25, 0.3) is 5.69 Å². The number of ether oxygens (including phenoxy) is 1. The van der Waals surface area contributed by atoms with Crippen LogP contribution in [0.15, 0.2) is 42.5 Å². The molecule has 2 aromatic rings. The lowest BCUT2D eigenvalue weighted by Gasteiger charge is -2.06. The Bertz CT molecular complexity index is 675. The van der Waals surface area contributed by atoms with Gasteiger partial charge in [0.15, 0.2) is 0 Å². The SMILES string of the molecule is COc1cccc(-c2ccc([N+](=O)[O-])cc2C#N)c1. The molecule has 5 nitrogen and oxygen atoms in total. The van der Waals surface area contributed by atoms with E-state index in [1.54, 1.807) is 31.4 Å². The summed E-state index contributed by atoms with van der Waals surface area (Å²) in [7, 11) is 1.56. The van der Waals surface area contributed by atoms with Crippen molar-refractivity contribution >= 4 is 5.69 Å². The fourth-order valence-corrected chi connectivity index (χ4v) is 1.78. The first kappa shape index (κ1) is 12.6. The van der Waals surface area contributed by atoms with Crippen LogP contribution in [0.1, 0.15) is 5.56 Å². The molecule has 0 aliphatic heterocycles. The van der Waals surface area contributed by atoms with Crippen molar-refractivity contribution in [3.05, 3.63) is 58.1 Å². The predicted octanol–water partition coefficient (Wildman–Crippen LogP) is 3.14. The molecule has 5 heteroatoms. The Morgan fingerprint density at radius 3 is 2.68 bits per heavy atom. The number of nitro benzene ring substituents is 1. The Morgan fingerprint density at radius 2 is 2.05 bits per heavy atom. The van der Waals surface area contributed by atoms with Crippen LogP contribution in [0.3, 0.4) is 0 Å². The minimum Gasteiger partial charge on any atom is -0.497 e. The molecular weight excluding hydrogens is 244 g/mol. The van der Waals surface area contributed by atoms with Gasteiger partial charge < -0.3 is 4.74 Å². The highest BCUT2D eigenvalue weighted by atomic mass is 16.6. The number of nitro groups is 1. The summed E-state index contributed by atoms with van der Waals surface area (Å²) in [5.41, 5.74) is 1.60. The minimum atomic E-state index is -0.518. The molecule has 0 aliphatic rings. The number of nitrogens with zero attached hydrogens (tertiary/aromatic N) is 2. The second-order valence-electron chi connectivity index (χ2n) is 3.83. The third-order valence-corrected chi connectivity index (χ3v) is 2.72. The number of benzene rings is 2. The zero-order valence-electron chi connectivity index (χ0n) is 10.2. The van der Waals surface area contributed by atoms with Crippen molar-refractivity contribution in [2.24, 2.45) is 0 Å². The van der Waals surface area contributed by atoms with Crippen molar-refractivity contribution in [2.75, 3.05) is 7.11 Å². The summed E-state index contributed by atoms with van der Waals surface area (Å²) in [6, 6.07) is 13.4. The second-order valence-corrected chi connectivity index (χ2v) is 3.83. The predicted molar refractivity (Wildman–Crippen MR) is 69.8 cm³/mol. The van der Waals surface area contributed by atoms with E-state index in [1.165, 1.54) is 12.1 Å². The zero-order valence-corrected chi connectivity index (χ0v) is 10.2. The van der Waals surface area contributed by atoms with Gasteiger partial charge in [-0.15, -0.1) is 0 Å². The largest absolute Gasteiger partial charge is 0.497 e. The number of methoxy groups -OCH3 is 1. The highest BCUT2D eigenvalue weighted by molar-refractivity contribution is 5.73. The molecule has 0 aromatic heterocycles. The van der Waals surface area contributed by atoms with E-state index in [2.05, 4.69) is 0 Å². The summed E-state index contributed by atoms with van der Waals surface area (Å²) in [4.78, 5) is 10.2. The molecule has 0 unspecified atom stereocenters. The maximum Gasteiger partial charge on any atom is 0.270 e. The summed E-state index contributed by atoms with van der Waals surface area (Å²) in [5, 5.41) is 19.8. The van der Waals surface area contributed by atoms with Crippen molar-refractivity contribution in [3.8, 4) is 22.9 Å². The quantitative estimate of drug-likeness (QED) is 0.622. The third kappa shape index (κ3) is 2.53. The minimum absolute atomic E-state index is 0.0943. The number of hydrogen-bond acceptors (Lipinski definition) is 4. The smallest absolute Gasteiger partial charge is 0.270 e. The van der Waals surface area contributed by atoms with Gasteiger partial charge in [0, 0.05) is 17.7 Å². The first-order valence-corrected chi connectivity index (χ1v) is 5.48. The first-order chi connectivity index (χ1) is 9.15. The monoisotopic (exact) mass is 254 g/mol. The molecule has 0 saturated carbocycles. The normalized spacial score (nSPS) is 9.68. The number of nitriles is 1. The van der Waals surface area contributed by atoms with Crippen molar-refractivity contribution in [1.29, 1.82) is 5.26 Å². The van der Waals surface area contributed by atoms with E-state index in [0.717, 1.165) is 5.56 Å². The van der Waals surface area contributed by atoms with Gasteiger partial charge in [-0.25, -0.2) is 0 Å². The van der Waals surface area contributed by atoms with Gasteiger partial charge in [0.1, 0.15) is 11.8 Å². The summed E-state index contributed by atoms with van der Waals surface area (Å²) in [6.45, 7) is 0. The summed E-state index contributed by atoms with van der Waals surface area (Å²) in [6.07, 6.45) is 0. The fraction of sp³-hybridized carbons (Fsp3) is 0.0714. The van der Waals surface area contributed by atoms with Crippen LogP contribution in [-0.4, -0.2) is 12.0 Å². The highest BCUT2D eigenvalue weighted by Gasteiger charge is 2.12. The number of rotatable bonds is 3. The Labute approximate surface area is 109 Å². The van der Waals surface area contributed by atoms with E-state index in [-0.39, 0.29) is 11.3 Å². The highest BCUT2D eigenvalue weighted by Crippen LogP contribution is 2.29. The van der Waals surface area contributed by atoms with Crippen LogP contribution in [0.4, 0.5) is 5.69 Å². The van der Waals surface area contributed by atoms with E-state index >= 15 is 0 Å². The molecule has 0 heterocycles. The first-order valence-electron chi connectivity index (χ1n) is 5.48. The topological polar surface area (TPSA) is 76.2 Å². The number of non-ortho nitro benzene ring substituents is 1. The van der Waals surface area contributed by atoms with E-state index < -0.39 is 4.92 Å². The van der Waals surface area contributed by atoms with Gasteiger partial charge in [0.2, 0.25) is 0 Å². The van der Waals surface area contributed by atoms with Crippen LogP contribution in [0.2, 0.25) is 0 Å². The van der Waals surface area contributed by atoms with Crippen LogP contribution < -0.4 is 4.74 Å². The average Bonchev–Trinajstić information content (AvgIpc) is 2.46. The molecule has 2 rings (SSSR count). The Balaban J connectivity index is 2.56. The van der Waals surface area contributed by atoms with Gasteiger partial charge in [0.05, 0.1) is 17.6 Å². The van der Waals surface area contributed by atoms with Crippen molar-refractivity contribution in [1.82, 2.24) is 0 Å². The summed E-state index contributed by atoms with van der Waals surface area (Å²) >= 11 is 0. The molecule has 19 heavy (non-hydrogen) atoms. The molecule has 0 bridgehead atoms. The van der Waals surface area contributed by atoms with Crippen LogP contribution in [0.5, 0.6) is 5.75 Å². The molecule has 0 fully saturated rings. The molecular formula is C14H10N2O3. The van der Waals surface area contributed by atoms with Gasteiger partial charge in [-0.05, 0) is 23.8 Å². The molecule has 0 saturated heterocycles. The van der Waals surface area contributed by atoms with E-state index in [0.29, 0.717) is 11.3 Å². The van der Waals surface area contributed by atoms with Crippen LogP contribution >= 0.6 is 0 Å². The van der Waals surface area contributed by atoms with Crippen LogP contribution in [-0.2, 0) is 0 Å². The molecule has 0 spiro atoms. The molecule has 0 atom stereocenters. The van der Waals surface area contributed by atoms with E-state index in [1.807, 2.05) is 12.1 Å². The molecule has 0 N–H and O–H groups in total. The molecule has 0 amide bonds. The lowest BCUT2D eigenvalue weighted by Crippen LogP contribution is -1.91. The Hall–Kier alpha value is -2.87. The number of hydrogen-bond donors (Lipinski definition) is 0. The third-order valence-electron chi connectivity index (χ3n) is 2.72. The Morgan fingerprint density at radius 1 is 1.26 bits per heavy atom. The second kappa shape index (κ2) is 5.19. The maximum absolute atomic E-state index is 10.7. The molecule has 2 aromatic carbocycles. The van der Waals surface area contributed by atoms with E-state index in [4.69, 9.17) is 10.00 Å².